The molecule has 0 bridgehead atoms. The summed E-state index contributed by atoms with van der Waals surface area (Å²) in [6, 6.07) is 4.38. The lowest BCUT2D eigenvalue weighted by atomic mass is 10.2. The lowest BCUT2D eigenvalue weighted by Crippen LogP contribution is -1.89. The van der Waals surface area contributed by atoms with Gasteiger partial charge in [-0.25, -0.2) is 9.18 Å². The van der Waals surface area contributed by atoms with Gasteiger partial charge in [0.25, 0.3) is 0 Å². The summed E-state index contributed by atoms with van der Waals surface area (Å²) < 4.78 is 14.2. The molecule has 0 unspecified atom stereocenters. The van der Waals surface area contributed by atoms with Crippen molar-refractivity contribution in [3.63, 3.8) is 0 Å². The number of carboxylic acid groups (broad SMARTS) is 1. The van der Waals surface area contributed by atoms with Crippen LogP contribution in [0.5, 0.6) is 0 Å². The second kappa shape index (κ2) is 3.33. The number of carboxylic acids is 1. The molecule has 2 rings (SSSR count). The van der Waals surface area contributed by atoms with Crippen LogP contribution >= 0.6 is 27.3 Å². The van der Waals surface area contributed by atoms with E-state index in [9.17, 15) is 9.18 Å². The van der Waals surface area contributed by atoms with Gasteiger partial charge in [0, 0.05) is 4.70 Å². The molecular weight excluding hydrogens is 271 g/mol. The summed E-state index contributed by atoms with van der Waals surface area (Å²) in [5, 5.41) is 9.35. The van der Waals surface area contributed by atoms with Crippen LogP contribution in [0.1, 0.15) is 9.67 Å². The average Bonchev–Trinajstić information content (AvgIpc) is 2.48. The number of hydrogen-bond donors (Lipinski definition) is 1. The summed E-state index contributed by atoms with van der Waals surface area (Å²) in [5.41, 5.74) is 0. The van der Waals surface area contributed by atoms with Crippen molar-refractivity contribution in [3.8, 4) is 0 Å². The maximum absolute atomic E-state index is 13.1. The second-order valence-electron chi connectivity index (χ2n) is 2.72. The highest BCUT2D eigenvalue weighted by molar-refractivity contribution is 9.10. The van der Waals surface area contributed by atoms with Crippen LogP contribution in [0, 0.1) is 5.82 Å². The van der Waals surface area contributed by atoms with Crippen LogP contribution in [0.15, 0.2) is 22.7 Å². The molecule has 72 valence electrons. The van der Waals surface area contributed by atoms with Crippen molar-refractivity contribution >= 4 is 43.3 Å². The average molecular weight is 275 g/mol. The predicted molar refractivity (Wildman–Crippen MR) is 56.4 cm³/mol. The van der Waals surface area contributed by atoms with E-state index in [2.05, 4.69) is 15.9 Å². The van der Waals surface area contributed by atoms with E-state index in [0.717, 1.165) is 16.0 Å². The van der Waals surface area contributed by atoms with Crippen molar-refractivity contribution in [2.75, 3.05) is 0 Å². The first-order chi connectivity index (χ1) is 6.58. The molecule has 0 aliphatic rings. The number of aromatic carboxylic acids is 1. The number of thiophene rings is 1. The summed E-state index contributed by atoms with van der Waals surface area (Å²) in [7, 11) is 0. The van der Waals surface area contributed by atoms with Crippen molar-refractivity contribution in [3.05, 3.63) is 33.4 Å². The second-order valence-corrected chi connectivity index (χ2v) is 4.66. The van der Waals surface area contributed by atoms with Gasteiger partial charge < -0.3 is 5.11 Å². The fourth-order valence-corrected chi connectivity index (χ4v) is 2.56. The van der Waals surface area contributed by atoms with Crippen LogP contribution in [0.25, 0.3) is 10.1 Å². The Balaban J connectivity index is 2.72. The molecule has 0 aliphatic carbocycles. The molecule has 0 radical (unpaired) electrons. The smallest absolute Gasteiger partial charge is 0.345 e. The summed E-state index contributed by atoms with van der Waals surface area (Å²) in [6.07, 6.45) is 0. The Morgan fingerprint density at radius 1 is 1.43 bits per heavy atom. The molecule has 0 saturated carbocycles. The van der Waals surface area contributed by atoms with Gasteiger partial charge in [-0.2, -0.15) is 0 Å². The van der Waals surface area contributed by atoms with E-state index in [1.165, 1.54) is 12.1 Å². The minimum atomic E-state index is -0.984. The van der Waals surface area contributed by atoms with Gasteiger partial charge in [0.05, 0.1) is 4.47 Å². The third-order valence-corrected chi connectivity index (χ3v) is 3.46. The van der Waals surface area contributed by atoms with Gasteiger partial charge in [0.15, 0.2) is 0 Å². The topological polar surface area (TPSA) is 37.3 Å². The first-order valence-corrected chi connectivity index (χ1v) is 5.31. The molecule has 5 heteroatoms. The highest BCUT2D eigenvalue weighted by Crippen LogP contribution is 2.30. The van der Waals surface area contributed by atoms with Crippen LogP contribution in [-0.4, -0.2) is 11.1 Å². The normalized spacial score (nSPS) is 10.7. The highest BCUT2D eigenvalue weighted by Gasteiger charge is 2.10. The summed E-state index contributed by atoms with van der Waals surface area (Å²) in [5.74, 6) is -1.37. The van der Waals surface area contributed by atoms with Gasteiger partial charge in [-0.05, 0) is 39.5 Å². The van der Waals surface area contributed by atoms with Crippen LogP contribution in [0.2, 0.25) is 0 Å². The number of fused-ring (bicyclic) bond motifs is 1. The molecule has 2 nitrogen and oxygen atoms in total. The first-order valence-electron chi connectivity index (χ1n) is 3.70. The number of carbonyl (C=O) groups is 1. The van der Waals surface area contributed by atoms with Crippen LogP contribution in [0.3, 0.4) is 0 Å². The summed E-state index contributed by atoms with van der Waals surface area (Å²) in [6.45, 7) is 0. The molecule has 0 amide bonds. The van der Waals surface area contributed by atoms with Gasteiger partial charge in [-0.3, -0.25) is 0 Å². The maximum Gasteiger partial charge on any atom is 0.345 e. The van der Waals surface area contributed by atoms with Crippen LogP contribution in [0.4, 0.5) is 4.39 Å². The Labute approximate surface area is 91.1 Å². The van der Waals surface area contributed by atoms with Crippen molar-refractivity contribution in [1.82, 2.24) is 0 Å². The van der Waals surface area contributed by atoms with Crippen molar-refractivity contribution in [2.45, 2.75) is 0 Å². The van der Waals surface area contributed by atoms with E-state index in [0.29, 0.717) is 9.86 Å². The van der Waals surface area contributed by atoms with Crippen LogP contribution in [-0.2, 0) is 0 Å². The molecule has 0 saturated heterocycles. The quantitative estimate of drug-likeness (QED) is 0.864. The number of hydrogen-bond acceptors (Lipinski definition) is 2. The molecule has 1 N–H and O–H groups in total. The fourth-order valence-electron chi connectivity index (χ4n) is 1.14. The zero-order valence-electron chi connectivity index (χ0n) is 6.75. The van der Waals surface area contributed by atoms with Gasteiger partial charge in [0.1, 0.15) is 10.7 Å². The standard InChI is InChI=1S/C9H4BrFO2S/c10-5-3-7-4(1-6(5)11)2-8(14-7)9(12)13/h1-3H,(H,12,13). The molecule has 0 atom stereocenters. The molecule has 0 spiro atoms. The minimum absolute atomic E-state index is 0.220. The monoisotopic (exact) mass is 274 g/mol. The van der Waals surface area contributed by atoms with Gasteiger partial charge in [-0.15, -0.1) is 11.3 Å². The molecule has 0 aliphatic heterocycles. The molecule has 1 heterocycles. The van der Waals surface area contributed by atoms with Crippen molar-refractivity contribution in [1.29, 1.82) is 0 Å². The van der Waals surface area contributed by atoms with E-state index >= 15 is 0 Å². The van der Waals surface area contributed by atoms with E-state index < -0.39 is 5.97 Å². The van der Waals surface area contributed by atoms with Crippen molar-refractivity contribution in [2.24, 2.45) is 0 Å². The lowest BCUT2D eigenvalue weighted by Gasteiger charge is -1.92. The number of rotatable bonds is 1. The van der Waals surface area contributed by atoms with E-state index in [1.807, 2.05) is 0 Å². The minimum Gasteiger partial charge on any atom is -0.477 e. The number of benzene rings is 1. The third-order valence-electron chi connectivity index (χ3n) is 1.77. The van der Waals surface area contributed by atoms with Crippen LogP contribution < -0.4 is 0 Å². The third kappa shape index (κ3) is 1.53. The molecule has 2 aromatic rings. The Morgan fingerprint density at radius 2 is 2.14 bits per heavy atom. The predicted octanol–water partition coefficient (Wildman–Crippen LogP) is 3.50. The van der Waals surface area contributed by atoms with E-state index in [4.69, 9.17) is 5.11 Å². The van der Waals surface area contributed by atoms with Gasteiger partial charge in [-0.1, -0.05) is 0 Å². The first kappa shape index (κ1) is 9.61. The summed E-state index contributed by atoms with van der Waals surface area (Å²) in [4.78, 5) is 10.9. The zero-order chi connectivity index (χ0) is 10.3. The molecule has 1 aromatic carbocycles. The Morgan fingerprint density at radius 3 is 2.79 bits per heavy atom. The lowest BCUT2D eigenvalue weighted by molar-refractivity contribution is 0.0702. The molecular formula is C9H4BrFO2S. The largest absolute Gasteiger partial charge is 0.477 e. The SMILES string of the molecule is O=C(O)c1cc2cc(F)c(Br)cc2s1. The van der Waals surface area contributed by atoms with Crippen molar-refractivity contribution < 1.29 is 14.3 Å². The number of halogens is 2. The Kier molecular flexibility index (Phi) is 2.28. The Hall–Kier alpha value is -0.940. The van der Waals surface area contributed by atoms with Gasteiger partial charge >= 0.3 is 5.97 Å². The zero-order valence-corrected chi connectivity index (χ0v) is 9.15. The van der Waals surface area contributed by atoms with E-state index in [-0.39, 0.29) is 10.7 Å². The Bertz CT molecular complexity index is 482. The molecule has 1 aromatic heterocycles. The maximum atomic E-state index is 13.1. The highest BCUT2D eigenvalue weighted by atomic mass is 79.9. The summed E-state index contributed by atoms with van der Waals surface area (Å²) >= 11 is 4.18. The van der Waals surface area contributed by atoms with E-state index in [1.54, 1.807) is 6.07 Å². The molecule has 14 heavy (non-hydrogen) atoms. The van der Waals surface area contributed by atoms with Gasteiger partial charge in [0.2, 0.25) is 0 Å². The fraction of sp³-hybridized carbons (Fsp3) is 0. The molecule has 0 fully saturated rings.